The highest BCUT2D eigenvalue weighted by atomic mass is 16.5. The number of rotatable bonds is 8. The van der Waals surface area contributed by atoms with E-state index in [1.165, 1.54) is 0 Å². The van der Waals surface area contributed by atoms with E-state index < -0.39 is 0 Å². The number of methoxy groups -OCH3 is 1. The summed E-state index contributed by atoms with van der Waals surface area (Å²) in [6, 6.07) is 7.71. The van der Waals surface area contributed by atoms with Crippen molar-refractivity contribution in [3.05, 3.63) is 29.8 Å². The Morgan fingerprint density at radius 3 is 2.43 bits per heavy atom. The molecule has 0 radical (unpaired) electrons. The van der Waals surface area contributed by atoms with Gasteiger partial charge in [-0.1, -0.05) is 18.2 Å². The number of hydrogen-bond donors (Lipinski definition) is 1. The fourth-order valence-electron chi connectivity index (χ4n) is 2.20. The van der Waals surface area contributed by atoms with Crippen molar-refractivity contribution in [2.45, 2.75) is 26.4 Å². The molecule has 0 unspecified atom stereocenters. The van der Waals surface area contributed by atoms with Crippen molar-refractivity contribution >= 4 is 11.8 Å². The smallest absolute Gasteiger partial charge is 0.236 e. The summed E-state index contributed by atoms with van der Waals surface area (Å²) in [6.45, 7) is 4.67. The maximum Gasteiger partial charge on any atom is 0.236 e. The molecule has 0 heterocycles. The van der Waals surface area contributed by atoms with Crippen molar-refractivity contribution in [1.29, 1.82) is 0 Å². The number of ether oxygens (including phenoxy) is 1. The predicted octanol–water partition coefficient (Wildman–Crippen LogP) is 1.11. The van der Waals surface area contributed by atoms with Gasteiger partial charge in [0.2, 0.25) is 11.8 Å². The number of benzene rings is 1. The first-order valence-electron chi connectivity index (χ1n) is 7.67. The molecule has 2 amide bonds. The molecule has 0 spiro atoms. The lowest BCUT2D eigenvalue weighted by molar-refractivity contribution is -0.132. The lowest BCUT2D eigenvalue weighted by atomic mass is 10.2. The van der Waals surface area contributed by atoms with Crippen LogP contribution in [0.3, 0.4) is 0 Å². The number of nitrogens with zero attached hydrogens (tertiary/aromatic N) is 2. The van der Waals surface area contributed by atoms with Gasteiger partial charge < -0.3 is 15.0 Å². The Hall–Kier alpha value is -2.08. The van der Waals surface area contributed by atoms with Crippen LogP contribution < -0.4 is 10.1 Å². The summed E-state index contributed by atoms with van der Waals surface area (Å²) >= 11 is 0. The average molecular weight is 321 g/mol. The zero-order valence-electron chi connectivity index (χ0n) is 14.6. The third-order valence-corrected chi connectivity index (χ3v) is 3.29. The van der Waals surface area contributed by atoms with Gasteiger partial charge in [-0.3, -0.25) is 14.5 Å². The van der Waals surface area contributed by atoms with Crippen LogP contribution in [-0.2, 0) is 16.1 Å². The van der Waals surface area contributed by atoms with Crippen LogP contribution in [0.5, 0.6) is 5.75 Å². The molecule has 1 aromatic rings. The van der Waals surface area contributed by atoms with Crippen molar-refractivity contribution in [3.63, 3.8) is 0 Å². The fraction of sp³-hybridized carbons (Fsp3) is 0.529. The van der Waals surface area contributed by atoms with Gasteiger partial charge in [-0.25, -0.2) is 0 Å². The lowest BCUT2D eigenvalue weighted by Crippen LogP contribution is -2.42. The zero-order chi connectivity index (χ0) is 17.4. The van der Waals surface area contributed by atoms with E-state index in [1.54, 1.807) is 31.0 Å². The first-order chi connectivity index (χ1) is 10.8. The molecule has 1 N–H and O–H groups in total. The van der Waals surface area contributed by atoms with Gasteiger partial charge in [-0.2, -0.15) is 0 Å². The summed E-state index contributed by atoms with van der Waals surface area (Å²) in [6.07, 6.45) is 0. The van der Waals surface area contributed by atoms with Gasteiger partial charge >= 0.3 is 0 Å². The molecule has 0 aromatic heterocycles. The van der Waals surface area contributed by atoms with Crippen LogP contribution in [0, 0.1) is 0 Å². The number of carbonyl (C=O) groups is 2. The highest BCUT2D eigenvalue weighted by molar-refractivity contribution is 5.81. The Kier molecular flexibility index (Phi) is 7.54. The molecular formula is C17H27N3O3. The number of likely N-dealkylation sites (N-methyl/N-ethyl adjacent to an activating group) is 2. The Morgan fingerprint density at radius 1 is 1.17 bits per heavy atom. The van der Waals surface area contributed by atoms with Crippen molar-refractivity contribution in [1.82, 2.24) is 15.1 Å². The second-order valence-electron chi connectivity index (χ2n) is 5.96. The molecule has 128 valence electrons. The lowest BCUT2D eigenvalue weighted by Gasteiger charge is -2.22. The van der Waals surface area contributed by atoms with Crippen LogP contribution in [0.2, 0.25) is 0 Å². The molecule has 0 fully saturated rings. The molecule has 1 rings (SSSR count). The standard InChI is InChI=1S/C17H27N3O3/c1-13(2)18-16(21)11-19(3)12-17(22)20(4)10-14-8-6-7-9-15(14)23-5/h6-9,13H,10-12H2,1-5H3,(H,18,21). The fourth-order valence-corrected chi connectivity index (χ4v) is 2.20. The minimum absolute atomic E-state index is 0.0456. The summed E-state index contributed by atoms with van der Waals surface area (Å²) in [5.41, 5.74) is 0.950. The number of nitrogens with one attached hydrogen (secondary N) is 1. The highest BCUT2D eigenvalue weighted by Crippen LogP contribution is 2.18. The summed E-state index contributed by atoms with van der Waals surface area (Å²) in [4.78, 5) is 27.3. The number of hydrogen-bond acceptors (Lipinski definition) is 4. The van der Waals surface area contributed by atoms with Crippen LogP contribution in [0.15, 0.2) is 24.3 Å². The van der Waals surface area contributed by atoms with Gasteiger partial charge in [0.1, 0.15) is 5.75 Å². The van der Waals surface area contributed by atoms with E-state index in [4.69, 9.17) is 4.74 Å². The van der Waals surface area contributed by atoms with E-state index >= 15 is 0 Å². The second-order valence-corrected chi connectivity index (χ2v) is 5.96. The molecule has 6 heteroatoms. The van der Waals surface area contributed by atoms with Crippen LogP contribution in [0.1, 0.15) is 19.4 Å². The molecule has 1 aromatic carbocycles. The van der Waals surface area contributed by atoms with Crippen molar-refractivity contribution in [2.75, 3.05) is 34.3 Å². The second kappa shape index (κ2) is 9.15. The monoisotopic (exact) mass is 321 g/mol. The Morgan fingerprint density at radius 2 is 1.83 bits per heavy atom. The number of para-hydroxylation sites is 1. The van der Waals surface area contributed by atoms with Crippen molar-refractivity contribution in [2.24, 2.45) is 0 Å². The molecule has 0 bridgehead atoms. The van der Waals surface area contributed by atoms with Gasteiger partial charge in [-0.05, 0) is 27.0 Å². The van der Waals surface area contributed by atoms with E-state index in [2.05, 4.69) is 5.32 Å². The summed E-state index contributed by atoms with van der Waals surface area (Å²) in [5, 5.41) is 2.81. The normalized spacial score (nSPS) is 10.7. The third-order valence-electron chi connectivity index (χ3n) is 3.29. The Bertz CT molecular complexity index is 532. The average Bonchev–Trinajstić information content (AvgIpc) is 2.46. The molecule has 0 aliphatic carbocycles. The van der Waals surface area contributed by atoms with Gasteiger partial charge in [0.05, 0.1) is 20.2 Å². The molecule has 6 nitrogen and oxygen atoms in total. The minimum Gasteiger partial charge on any atom is -0.496 e. The first-order valence-corrected chi connectivity index (χ1v) is 7.67. The molecule has 0 saturated carbocycles. The maximum absolute atomic E-state index is 12.3. The van der Waals surface area contributed by atoms with E-state index in [-0.39, 0.29) is 30.9 Å². The van der Waals surface area contributed by atoms with Gasteiger partial charge in [0, 0.05) is 25.2 Å². The largest absolute Gasteiger partial charge is 0.496 e. The summed E-state index contributed by atoms with van der Waals surface area (Å²) in [5.74, 6) is 0.634. The molecule has 0 aliphatic heterocycles. The molecule has 0 atom stereocenters. The van der Waals surface area contributed by atoms with Crippen LogP contribution in [-0.4, -0.2) is 62.0 Å². The van der Waals surface area contributed by atoms with Gasteiger partial charge in [0.25, 0.3) is 0 Å². The third kappa shape index (κ3) is 6.69. The quantitative estimate of drug-likeness (QED) is 0.779. The SMILES string of the molecule is COc1ccccc1CN(C)C(=O)CN(C)CC(=O)NC(C)C. The zero-order valence-corrected chi connectivity index (χ0v) is 14.6. The van der Waals surface area contributed by atoms with Crippen molar-refractivity contribution in [3.8, 4) is 5.75 Å². The maximum atomic E-state index is 12.3. The minimum atomic E-state index is -0.0809. The van der Waals surface area contributed by atoms with E-state index in [0.717, 1.165) is 11.3 Å². The topological polar surface area (TPSA) is 61.9 Å². The Balaban J connectivity index is 2.52. The summed E-state index contributed by atoms with van der Waals surface area (Å²) < 4.78 is 5.30. The van der Waals surface area contributed by atoms with E-state index in [0.29, 0.717) is 6.54 Å². The first kappa shape index (κ1) is 19.0. The predicted molar refractivity (Wildman–Crippen MR) is 90.2 cm³/mol. The molecular weight excluding hydrogens is 294 g/mol. The van der Waals surface area contributed by atoms with E-state index in [1.807, 2.05) is 38.1 Å². The number of amides is 2. The van der Waals surface area contributed by atoms with Crippen LogP contribution in [0.25, 0.3) is 0 Å². The molecule has 0 aliphatic rings. The van der Waals surface area contributed by atoms with Gasteiger partial charge in [-0.15, -0.1) is 0 Å². The molecule has 0 saturated heterocycles. The highest BCUT2D eigenvalue weighted by Gasteiger charge is 2.15. The Labute approximate surface area is 138 Å². The molecule has 23 heavy (non-hydrogen) atoms. The summed E-state index contributed by atoms with van der Waals surface area (Å²) in [7, 11) is 5.12. The van der Waals surface area contributed by atoms with Crippen LogP contribution >= 0.6 is 0 Å². The van der Waals surface area contributed by atoms with E-state index in [9.17, 15) is 9.59 Å². The number of carbonyl (C=O) groups excluding carboxylic acids is 2. The van der Waals surface area contributed by atoms with Crippen molar-refractivity contribution < 1.29 is 14.3 Å². The van der Waals surface area contributed by atoms with Gasteiger partial charge in [0.15, 0.2) is 0 Å². The van der Waals surface area contributed by atoms with Crippen LogP contribution in [0.4, 0.5) is 0 Å².